The number of fused-ring (bicyclic) bond motifs is 1. The van der Waals surface area contributed by atoms with E-state index in [1.54, 1.807) is 12.1 Å². The number of rotatable bonds is 5. The van der Waals surface area contributed by atoms with Gasteiger partial charge in [-0.3, -0.25) is 4.79 Å². The van der Waals surface area contributed by atoms with E-state index in [-0.39, 0.29) is 25.5 Å². The lowest BCUT2D eigenvalue weighted by atomic mass is 10.2. The molecule has 96 valence electrons. The first-order valence-electron chi connectivity index (χ1n) is 5.50. The van der Waals surface area contributed by atoms with Crippen LogP contribution in [0.4, 0.5) is 0 Å². The topological polar surface area (TPSA) is 87.7 Å². The number of carbonyl (C=O) groups excluding carboxylic acids is 2. The summed E-state index contributed by atoms with van der Waals surface area (Å²) < 4.78 is 10.4. The number of nitrogens with one attached hydrogen (secondary N) is 1. The zero-order valence-corrected chi connectivity index (χ0v) is 9.60. The lowest BCUT2D eigenvalue weighted by Crippen LogP contribution is -2.27. The molecule has 1 amide bonds. The Labute approximate surface area is 104 Å². The van der Waals surface area contributed by atoms with E-state index in [0.29, 0.717) is 18.0 Å². The van der Waals surface area contributed by atoms with E-state index < -0.39 is 5.97 Å². The van der Waals surface area contributed by atoms with Gasteiger partial charge in [-0.2, -0.15) is 0 Å². The van der Waals surface area contributed by atoms with Crippen LogP contribution in [-0.2, 0) is 16.1 Å². The van der Waals surface area contributed by atoms with Crippen LogP contribution in [0.2, 0.25) is 0 Å². The van der Waals surface area contributed by atoms with Crippen LogP contribution < -0.4 is 19.9 Å². The minimum atomic E-state index is -1.23. The predicted octanol–water partition coefficient (Wildman–Crippen LogP) is -0.438. The minimum Gasteiger partial charge on any atom is -0.550 e. The molecule has 1 heterocycles. The van der Waals surface area contributed by atoms with Gasteiger partial charge in [0.25, 0.3) is 0 Å². The molecular formula is C12H12NO5-. The van der Waals surface area contributed by atoms with E-state index in [1.807, 2.05) is 6.07 Å². The quantitative estimate of drug-likeness (QED) is 0.765. The van der Waals surface area contributed by atoms with Crippen molar-refractivity contribution in [2.75, 3.05) is 6.79 Å². The van der Waals surface area contributed by atoms with Gasteiger partial charge in [0, 0.05) is 18.9 Å². The standard InChI is InChI=1S/C12H13NO5/c14-11(3-4-12(15)16)13-6-8-1-2-9-10(5-8)18-7-17-9/h1-2,5H,3-4,6-7H2,(H,13,14)(H,15,16)/p-1. The van der Waals surface area contributed by atoms with Gasteiger partial charge in [-0.15, -0.1) is 0 Å². The van der Waals surface area contributed by atoms with E-state index >= 15 is 0 Å². The first-order chi connectivity index (χ1) is 8.65. The van der Waals surface area contributed by atoms with Gasteiger partial charge in [-0.1, -0.05) is 6.07 Å². The Morgan fingerprint density at radius 2 is 2.00 bits per heavy atom. The van der Waals surface area contributed by atoms with Gasteiger partial charge >= 0.3 is 0 Å². The molecule has 6 nitrogen and oxygen atoms in total. The Kier molecular flexibility index (Phi) is 3.66. The van der Waals surface area contributed by atoms with Crippen molar-refractivity contribution in [3.63, 3.8) is 0 Å². The Morgan fingerprint density at radius 1 is 1.22 bits per heavy atom. The highest BCUT2D eigenvalue weighted by molar-refractivity contribution is 5.79. The Morgan fingerprint density at radius 3 is 2.78 bits per heavy atom. The van der Waals surface area contributed by atoms with Gasteiger partial charge in [-0.05, 0) is 24.1 Å². The molecule has 1 aliphatic rings. The van der Waals surface area contributed by atoms with Gasteiger partial charge in [0.1, 0.15) is 0 Å². The van der Waals surface area contributed by atoms with Crippen LogP contribution in [0.25, 0.3) is 0 Å². The van der Waals surface area contributed by atoms with Crippen molar-refractivity contribution < 1.29 is 24.2 Å². The molecule has 0 fully saturated rings. The fraction of sp³-hybridized carbons (Fsp3) is 0.333. The molecule has 0 atom stereocenters. The van der Waals surface area contributed by atoms with Crippen LogP contribution >= 0.6 is 0 Å². The maximum absolute atomic E-state index is 11.3. The van der Waals surface area contributed by atoms with E-state index in [1.165, 1.54) is 0 Å². The first-order valence-corrected chi connectivity index (χ1v) is 5.50. The summed E-state index contributed by atoms with van der Waals surface area (Å²) in [4.78, 5) is 21.5. The van der Waals surface area contributed by atoms with Crippen molar-refractivity contribution in [3.8, 4) is 11.5 Å². The molecule has 0 aromatic heterocycles. The number of benzene rings is 1. The highest BCUT2D eigenvalue weighted by Crippen LogP contribution is 2.32. The third kappa shape index (κ3) is 3.13. The van der Waals surface area contributed by atoms with E-state index in [0.717, 1.165) is 5.56 Å². The summed E-state index contributed by atoms with van der Waals surface area (Å²) in [6, 6.07) is 5.36. The Hall–Kier alpha value is -2.24. The summed E-state index contributed by atoms with van der Waals surface area (Å²) in [6.07, 6.45) is -0.347. The summed E-state index contributed by atoms with van der Waals surface area (Å²) in [5, 5.41) is 12.8. The number of carboxylic acid groups (broad SMARTS) is 1. The number of aliphatic carboxylic acids is 1. The molecule has 1 aromatic rings. The second kappa shape index (κ2) is 5.39. The SMILES string of the molecule is O=C([O-])CCC(=O)NCc1ccc2c(c1)OCO2. The highest BCUT2D eigenvalue weighted by atomic mass is 16.7. The molecule has 0 spiro atoms. The predicted molar refractivity (Wildman–Crippen MR) is 58.7 cm³/mol. The number of ether oxygens (including phenoxy) is 2. The van der Waals surface area contributed by atoms with Crippen LogP contribution in [0.1, 0.15) is 18.4 Å². The summed E-state index contributed by atoms with van der Waals surface area (Å²) in [5.41, 5.74) is 0.862. The molecule has 18 heavy (non-hydrogen) atoms. The first kappa shape index (κ1) is 12.2. The van der Waals surface area contributed by atoms with Gasteiger partial charge in [0.05, 0.1) is 0 Å². The third-order valence-electron chi connectivity index (χ3n) is 2.48. The largest absolute Gasteiger partial charge is 0.550 e. The number of carboxylic acids is 1. The molecule has 0 radical (unpaired) electrons. The van der Waals surface area contributed by atoms with Crippen molar-refractivity contribution in [1.29, 1.82) is 0 Å². The Balaban J connectivity index is 1.83. The molecule has 0 unspecified atom stereocenters. The van der Waals surface area contributed by atoms with Gasteiger partial charge in [0.2, 0.25) is 12.7 Å². The van der Waals surface area contributed by atoms with Crippen LogP contribution in [0.15, 0.2) is 18.2 Å². The molecule has 1 aromatic carbocycles. The molecule has 0 saturated carbocycles. The molecule has 1 N–H and O–H groups in total. The molecule has 0 saturated heterocycles. The monoisotopic (exact) mass is 250 g/mol. The Bertz CT molecular complexity index is 472. The minimum absolute atomic E-state index is 0.0765. The second-order valence-electron chi connectivity index (χ2n) is 3.84. The highest BCUT2D eigenvalue weighted by Gasteiger charge is 2.13. The zero-order chi connectivity index (χ0) is 13.0. The van der Waals surface area contributed by atoms with Crippen LogP contribution in [-0.4, -0.2) is 18.7 Å². The van der Waals surface area contributed by atoms with E-state index in [4.69, 9.17) is 9.47 Å². The zero-order valence-electron chi connectivity index (χ0n) is 9.60. The average molecular weight is 250 g/mol. The average Bonchev–Trinajstić information content (AvgIpc) is 2.81. The molecule has 1 aliphatic heterocycles. The number of hydrogen-bond donors (Lipinski definition) is 1. The normalized spacial score (nSPS) is 12.2. The van der Waals surface area contributed by atoms with Crippen molar-refractivity contribution >= 4 is 11.9 Å². The summed E-state index contributed by atoms with van der Waals surface area (Å²) in [6.45, 7) is 0.527. The van der Waals surface area contributed by atoms with Crippen molar-refractivity contribution in [2.24, 2.45) is 0 Å². The molecule has 0 bridgehead atoms. The van der Waals surface area contributed by atoms with Crippen molar-refractivity contribution in [1.82, 2.24) is 5.32 Å². The van der Waals surface area contributed by atoms with Crippen LogP contribution in [0.5, 0.6) is 11.5 Å². The lowest BCUT2D eigenvalue weighted by Gasteiger charge is -2.06. The number of hydrogen-bond acceptors (Lipinski definition) is 5. The summed E-state index contributed by atoms with van der Waals surface area (Å²) in [5.74, 6) is -0.219. The van der Waals surface area contributed by atoms with Crippen molar-refractivity contribution in [3.05, 3.63) is 23.8 Å². The van der Waals surface area contributed by atoms with E-state index in [9.17, 15) is 14.7 Å². The molecule has 0 aliphatic carbocycles. The summed E-state index contributed by atoms with van der Waals surface area (Å²) in [7, 11) is 0. The fourth-order valence-electron chi connectivity index (χ4n) is 1.56. The van der Waals surface area contributed by atoms with E-state index in [2.05, 4.69) is 5.32 Å². The van der Waals surface area contributed by atoms with Crippen molar-refractivity contribution in [2.45, 2.75) is 19.4 Å². The summed E-state index contributed by atoms with van der Waals surface area (Å²) >= 11 is 0. The maximum Gasteiger partial charge on any atom is 0.231 e. The van der Waals surface area contributed by atoms with Gasteiger partial charge in [0.15, 0.2) is 11.5 Å². The molecule has 6 heteroatoms. The van der Waals surface area contributed by atoms with Gasteiger partial charge in [-0.25, -0.2) is 0 Å². The smallest absolute Gasteiger partial charge is 0.231 e. The number of carbonyl (C=O) groups is 2. The lowest BCUT2D eigenvalue weighted by molar-refractivity contribution is -0.305. The fourth-order valence-corrected chi connectivity index (χ4v) is 1.56. The second-order valence-corrected chi connectivity index (χ2v) is 3.84. The maximum atomic E-state index is 11.3. The van der Waals surface area contributed by atoms with Crippen LogP contribution in [0, 0.1) is 0 Å². The van der Waals surface area contributed by atoms with Crippen LogP contribution in [0.3, 0.4) is 0 Å². The molecular weight excluding hydrogens is 238 g/mol. The third-order valence-corrected chi connectivity index (χ3v) is 2.48. The van der Waals surface area contributed by atoms with Gasteiger partial charge < -0.3 is 24.7 Å². The molecule has 2 rings (SSSR count). The number of amides is 1.